The Morgan fingerprint density at radius 1 is 0.299 bits per heavy atom. The summed E-state index contributed by atoms with van der Waals surface area (Å²) in [4.78, 5) is 2.52. The van der Waals surface area contributed by atoms with Crippen LogP contribution in [0.1, 0.15) is 22.3 Å². The van der Waals surface area contributed by atoms with E-state index in [-0.39, 0.29) is 0 Å². The van der Waals surface area contributed by atoms with E-state index >= 15 is 0 Å². The predicted octanol–water partition coefficient (Wildman–Crippen LogP) is 18.0. The molecule has 1 aromatic heterocycles. The summed E-state index contributed by atoms with van der Waals surface area (Å²) >= 11 is 1.88. The Labute approximate surface area is 394 Å². The highest BCUT2D eigenvalue weighted by Crippen LogP contribution is 2.63. The minimum atomic E-state index is -0.452. The Balaban J connectivity index is 0.992. The number of fused-ring (bicyclic) bond motifs is 14. The average molecular weight is 868 g/mol. The second-order valence-electron chi connectivity index (χ2n) is 17.9. The van der Waals surface area contributed by atoms with Crippen molar-refractivity contribution in [2.75, 3.05) is 4.90 Å². The zero-order valence-electron chi connectivity index (χ0n) is 36.5. The van der Waals surface area contributed by atoms with Gasteiger partial charge >= 0.3 is 0 Å². The highest BCUT2D eigenvalue weighted by Gasteiger charge is 2.51. The van der Waals surface area contributed by atoms with Crippen LogP contribution in [0.15, 0.2) is 249 Å². The highest BCUT2D eigenvalue weighted by molar-refractivity contribution is 7.26. The molecule has 0 fully saturated rings. The van der Waals surface area contributed by atoms with Gasteiger partial charge in [0.15, 0.2) is 0 Å². The normalized spacial score (nSPS) is 12.9. The molecule has 312 valence electrons. The number of hydrogen-bond acceptors (Lipinski definition) is 2. The quantitative estimate of drug-likeness (QED) is 0.161. The van der Waals surface area contributed by atoms with Crippen LogP contribution in [-0.2, 0) is 5.41 Å². The molecule has 12 aromatic rings. The van der Waals surface area contributed by atoms with Crippen molar-refractivity contribution in [1.82, 2.24) is 0 Å². The molecule has 0 saturated heterocycles. The fourth-order valence-electron chi connectivity index (χ4n) is 11.7. The minimum Gasteiger partial charge on any atom is -0.310 e. The predicted molar refractivity (Wildman–Crippen MR) is 284 cm³/mol. The lowest BCUT2D eigenvalue weighted by molar-refractivity contribution is 0.793. The third-order valence-corrected chi connectivity index (χ3v) is 15.6. The van der Waals surface area contributed by atoms with Gasteiger partial charge in [-0.2, -0.15) is 0 Å². The SMILES string of the molecule is c1ccc(-c2ccccc2-c2ccc3c(c2)sc2cccc(N(c4ccc(-c5cccc6ccccc56)cc4)c4ccc5c(c4)C4(c6ccccc6-c6ccccc64)c4ccccc4-5)c23)cc1. The van der Waals surface area contributed by atoms with E-state index < -0.39 is 5.41 Å². The summed E-state index contributed by atoms with van der Waals surface area (Å²) in [5.74, 6) is 0. The number of benzene rings is 11. The molecule has 67 heavy (non-hydrogen) atoms. The zero-order valence-corrected chi connectivity index (χ0v) is 37.3. The van der Waals surface area contributed by atoms with Crippen LogP contribution in [0, 0.1) is 0 Å². The van der Waals surface area contributed by atoms with Crippen molar-refractivity contribution in [2.45, 2.75) is 5.41 Å². The number of rotatable bonds is 6. The van der Waals surface area contributed by atoms with Crippen molar-refractivity contribution in [1.29, 1.82) is 0 Å². The van der Waals surface area contributed by atoms with Gasteiger partial charge in [-0.05, 0) is 131 Å². The molecule has 1 spiro atoms. The number of anilines is 3. The van der Waals surface area contributed by atoms with Crippen LogP contribution in [0.3, 0.4) is 0 Å². The summed E-state index contributed by atoms with van der Waals surface area (Å²) in [5.41, 5.74) is 20.9. The number of hydrogen-bond donors (Lipinski definition) is 0. The second-order valence-corrected chi connectivity index (χ2v) is 19.0. The molecular formula is C65H41NS. The average Bonchev–Trinajstić information content (AvgIpc) is 4.03. The molecular weight excluding hydrogens is 827 g/mol. The Morgan fingerprint density at radius 3 is 1.54 bits per heavy atom. The third-order valence-electron chi connectivity index (χ3n) is 14.5. The molecule has 0 radical (unpaired) electrons. The van der Waals surface area contributed by atoms with Crippen LogP contribution in [0.25, 0.3) is 86.6 Å². The first-order valence-corrected chi connectivity index (χ1v) is 24.0. The van der Waals surface area contributed by atoms with E-state index in [1.807, 2.05) is 11.3 Å². The largest absolute Gasteiger partial charge is 0.310 e. The number of nitrogens with zero attached hydrogens (tertiary/aromatic N) is 1. The molecule has 11 aromatic carbocycles. The van der Waals surface area contributed by atoms with Crippen molar-refractivity contribution in [3.63, 3.8) is 0 Å². The fourth-order valence-corrected chi connectivity index (χ4v) is 12.8. The molecule has 1 nitrogen and oxygen atoms in total. The van der Waals surface area contributed by atoms with Crippen molar-refractivity contribution >= 4 is 59.3 Å². The standard InChI is InChI=1S/C65H41NS/c1-2-16-42(17-3-1)49-21-6-7-22-51(49)45-34-38-56-63(40-45)67-62-31-15-30-61(64(56)62)66(46-35-32-44(33-36-46)50-26-14-19-43-18-4-5-20-48(43)50)47-37-39-55-54-25-10-13-29-59(54)65(60(55)41-47)57-27-11-8-23-52(57)53-24-9-12-28-58(53)65/h1-41H. The van der Waals surface area contributed by atoms with Crippen LogP contribution in [-0.4, -0.2) is 0 Å². The van der Waals surface area contributed by atoms with E-state index in [9.17, 15) is 0 Å². The second kappa shape index (κ2) is 14.9. The van der Waals surface area contributed by atoms with Crippen LogP contribution >= 0.6 is 11.3 Å². The van der Waals surface area contributed by atoms with Gasteiger partial charge in [-0.3, -0.25) is 0 Å². The first-order valence-electron chi connectivity index (χ1n) is 23.2. The van der Waals surface area contributed by atoms with E-state index in [0.29, 0.717) is 0 Å². The summed E-state index contributed by atoms with van der Waals surface area (Å²) in [6, 6.07) is 92.5. The van der Waals surface area contributed by atoms with Gasteiger partial charge in [0.05, 0.1) is 11.1 Å². The molecule has 0 saturated carbocycles. The summed E-state index contributed by atoms with van der Waals surface area (Å²) in [7, 11) is 0. The lowest BCUT2D eigenvalue weighted by Gasteiger charge is -2.32. The van der Waals surface area contributed by atoms with E-state index in [4.69, 9.17) is 0 Å². The Kier molecular flexibility index (Phi) is 8.44. The van der Waals surface area contributed by atoms with Gasteiger partial charge in [0, 0.05) is 31.5 Å². The molecule has 14 rings (SSSR count). The van der Waals surface area contributed by atoms with Gasteiger partial charge in [0.1, 0.15) is 0 Å². The van der Waals surface area contributed by atoms with E-state index in [0.717, 1.165) is 17.1 Å². The smallest absolute Gasteiger partial charge is 0.0726 e. The molecule has 0 N–H and O–H groups in total. The van der Waals surface area contributed by atoms with Gasteiger partial charge < -0.3 is 4.90 Å². The van der Waals surface area contributed by atoms with Gasteiger partial charge in [-0.25, -0.2) is 0 Å². The van der Waals surface area contributed by atoms with Crippen molar-refractivity contribution in [3.8, 4) is 55.6 Å². The van der Waals surface area contributed by atoms with Crippen molar-refractivity contribution in [2.24, 2.45) is 0 Å². The molecule has 0 bridgehead atoms. The first-order chi connectivity index (χ1) is 33.2. The van der Waals surface area contributed by atoms with Crippen LogP contribution in [0.5, 0.6) is 0 Å². The third kappa shape index (κ3) is 5.61. The molecule has 1 heterocycles. The monoisotopic (exact) mass is 867 g/mol. The van der Waals surface area contributed by atoms with Crippen molar-refractivity contribution < 1.29 is 0 Å². The summed E-state index contributed by atoms with van der Waals surface area (Å²) in [6.45, 7) is 0. The first kappa shape index (κ1) is 38.0. The lowest BCUT2D eigenvalue weighted by atomic mass is 9.70. The summed E-state index contributed by atoms with van der Waals surface area (Å²) < 4.78 is 2.54. The van der Waals surface area contributed by atoms with E-state index in [1.165, 1.54) is 109 Å². The van der Waals surface area contributed by atoms with Crippen LogP contribution in [0.2, 0.25) is 0 Å². The van der Waals surface area contributed by atoms with Gasteiger partial charge in [0.2, 0.25) is 0 Å². The van der Waals surface area contributed by atoms with Crippen LogP contribution < -0.4 is 4.90 Å². The van der Waals surface area contributed by atoms with E-state index in [2.05, 4.69) is 254 Å². The maximum atomic E-state index is 2.52. The Hall–Kier alpha value is -8.30. The maximum Gasteiger partial charge on any atom is 0.0726 e. The molecule has 0 aliphatic heterocycles. The summed E-state index contributed by atoms with van der Waals surface area (Å²) in [5, 5.41) is 5.03. The highest BCUT2D eigenvalue weighted by atomic mass is 32.1. The zero-order chi connectivity index (χ0) is 44.1. The Morgan fingerprint density at radius 2 is 0.821 bits per heavy atom. The molecule has 2 aliphatic carbocycles. The Bertz CT molecular complexity index is 3860. The summed E-state index contributed by atoms with van der Waals surface area (Å²) in [6.07, 6.45) is 0. The topological polar surface area (TPSA) is 3.24 Å². The van der Waals surface area contributed by atoms with Gasteiger partial charge in [-0.1, -0.05) is 206 Å². The molecule has 0 amide bonds. The maximum absolute atomic E-state index is 2.52. The molecule has 0 unspecified atom stereocenters. The number of thiophene rings is 1. The molecule has 0 atom stereocenters. The van der Waals surface area contributed by atoms with E-state index in [1.54, 1.807) is 0 Å². The fraction of sp³-hybridized carbons (Fsp3) is 0.0154. The molecule has 2 heteroatoms. The molecule has 2 aliphatic rings. The van der Waals surface area contributed by atoms with Crippen LogP contribution in [0.4, 0.5) is 17.1 Å². The van der Waals surface area contributed by atoms with Gasteiger partial charge in [-0.15, -0.1) is 11.3 Å². The van der Waals surface area contributed by atoms with Crippen molar-refractivity contribution in [3.05, 3.63) is 271 Å². The lowest BCUT2D eigenvalue weighted by Crippen LogP contribution is -2.26. The minimum absolute atomic E-state index is 0.452. The van der Waals surface area contributed by atoms with Gasteiger partial charge in [0.25, 0.3) is 0 Å².